The molecule has 2 aromatic carbocycles. The first-order valence-electron chi connectivity index (χ1n) is 9.40. The lowest BCUT2D eigenvalue weighted by Gasteiger charge is -2.27. The van der Waals surface area contributed by atoms with Gasteiger partial charge in [-0.2, -0.15) is 0 Å². The predicted molar refractivity (Wildman–Crippen MR) is 107 cm³/mol. The van der Waals surface area contributed by atoms with Crippen LogP contribution in [0.15, 0.2) is 49.1 Å². The normalized spacial score (nSPS) is 13.9. The van der Waals surface area contributed by atoms with Gasteiger partial charge in [0.2, 0.25) is 0 Å². The molecule has 0 fully saturated rings. The van der Waals surface area contributed by atoms with Crippen LogP contribution in [0, 0.1) is 0 Å². The number of hydrogen-bond acceptors (Lipinski definition) is 5. The van der Waals surface area contributed by atoms with E-state index in [1.165, 1.54) is 13.0 Å². The van der Waals surface area contributed by atoms with Crippen LogP contribution in [0.4, 0.5) is 0 Å². The number of carbonyl (C=O) groups excluding carboxylic acids is 4. The maximum absolute atomic E-state index is 12.8. The summed E-state index contributed by atoms with van der Waals surface area (Å²) < 4.78 is 5.08. The number of nitrogens with zero attached hydrogens (tertiary/aromatic N) is 1. The van der Waals surface area contributed by atoms with E-state index in [-0.39, 0.29) is 37.7 Å². The molecule has 1 atom stereocenters. The molecular weight excluding hydrogens is 372 g/mol. The summed E-state index contributed by atoms with van der Waals surface area (Å²) in [6.07, 6.45) is 0.833. The highest BCUT2D eigenvalue weighted by molar-refractivity contribution is 6.25. The number of amides is 3. The van der Waals surface area contributed by atoms with Crippen LogP contribution in [0.25, 0.3) is 10.8 Å². The minimum atomic E-state index is -0.926. The third-order valence-electron chi connectivity index (χ3n) is 4.72. The van der Waals surface area contributed by atoms with Crippen LogP contribution in [0.1, 0.15) is 40.5 Å². The lowest BCUT2D eigenvalue weighted by Crippen LogP contribution is -2.41. The second kappa shape index (κ2) is 8.68. The summed E-state index contributed by atoms with van der Waals surface area (Å²) in [4.78, 5) is 50.4. The van der Waals surface area contributed by atoms with Crippen molar-refractivity contribution in [3.8, 4) is 0 Å². The molecule has 2 aromatic rings. The molecule has 29 heavy (non-hydrogen) atoms. The van der Waals surface area contributed by atoms with Gasteiger partial charge in [0.25, 0.3) is 17.7 Å². The van der Waals surface area contributed by atoms with Crippen molar-refractivity contribution in [1.82, 2.24) is 10.2 Å². The van der Waals surface area contributed by atoms with E-state index < -0.39 is 18.0 Å². The second-order valence-corrected chi connectivity index (χ2v) is 6.74. The maximum atomic E-state index is 12.8. The molecule has 0 unspecified atom stereocenters. The van der Waals surface area contributed by atoms with Gasteiger partial charge in [0.15, 0.2) is 6.10 Å². The van der Waals surface area contributed by atoms with Crippen molar-refractivity contribution in [1.29, 1.82) is 0 Å². The maximum Gasteiger partial charge on any atom is 0.306 e. The van der Waals surface area contributed by atoms with Gasteiger partial charge in [-0.1, -0.05) is 30.3 Å². The van der Waals surface area contributed by atoms with Gasteiger partial charge in [0.1, 0.15) is 0 Å². The second-order valence-electron chi connectivity index (χ2n) is 6.74. The van der Waals surface area contributed by atoms with Gasteiger partial charge >= 0.3 is 5.97 Å². The molecule has 150 valence electrons. The van der Waals surface area contributed by atoms with E-state index >= 15 is 0 Å². The Bertz CT molecular complexity index is 947. The molecule has 1 aliphatic heterocycles. The minimum Gasteiger partial charge on any atom is -0.453 e. The number of imide groups is 1. The van der Waals surface area contributed by atoms with Gasteiger partial charge < -0.3 is 10.1 Å². The molecule has 3 amide bonds. The number of benzene rings is 2. The summed E-state index contributed by atoms with van der Waals surface area (Å²) in [5.74, 6) is -1.72. The molecule has 1 heterocycles. The summed E-state index contributed by atoms with van der Waals surface area (Å²) in [5.41, 5.74) is 0.959. The Morgan fingerprint density at radius 1 is 1.14 bits per heavy atom. The minimum absolute atomic E-state index is 0.0119. The van der Waals surface area contributed by atoms with Crippen molar-refractivity contribution in [2.75, 3.05) is 13.1 Å². The van der Waals surface area contributed by atoms with Crippen LogP contribution in [-0.2, 0) is 14.3 Å². The van der Waals surface area contributed by atoms with Crippen molar-refractivity contribution in [2.24, 2.45) is 0 Å². The van der Waals surface area contributed by atoms with Gasteiger partial charge in [0, 0.05) is 36.0 Å². The van der Waals surface area contributed by atoms with Crippen molar-refractivity contribution >= 4 is 34.5 Å². The van der Waals surface area contributed by atoms with Gasteiger partial charge in [-0.05, 0) is 30.9 Å². The summed E-state index contributed by atoms with van der Waals surface area (Å²) in [5, 5.41) is 4.05. The Balaban J connectivity index is 1.60. The third kappa shape index (κ3) is 4.18. The molecule has 1 aliphatic rings. The number of rotatable bonds is 8. The van der Waals surface area contributed by atoms with E-state index in [0.29, 0.717) is 16.5 Å². The molecule has 0 aromatic heterocycles. The fourth-order valence-corrected chi connectivity index (χ4v) is 3.29. The highest BCUT2D eigenvalue weighted by Gasteiger charge is 2.32. The Labute approximate surface area is 168 Å². The van der Waals surface area contributed by atoms with Crippen LogP contribution < -0.4 is 5.32 Å². The smallest absolute Gasteiger partial charge is 0.306 e. The quantitative estimate of drug-likeness (QED) is 0.422. The molecule has 0 radical (unpaired) electrons. The van der Waals surface area contributed by atoms with E-state index in [0.717, 1.165) is 10.3 Å². The first kappa shape index (κ1) is 20.3. The fraction of sp³-hybridized carbons (Fsp3) is 0.273. The van der Waals surface area contributed by atoms with Crippen molar-refractivity contribution in [2.45, 2.75) is 25.9 Å². The molecular formula is C22H22N2O5. The molecule has 0 saturated heterocycles. The predicted octanol–water partition coefficient (Wildman–Crippen LogP) is 2.45. The van der Waals surface area contributed by atoms with E-state index in [2.05, 4.69) is 11.9 Å². The van der Waals surface area contributed by atoms with E-state index in [9.17, 15) is 19.2 Å². The van der Waals surface area contributed by atoms with Gasteiger partial charge in [-0.25, -0.2) is 0 Å². The van der Waals surface area contributed by atoms with Crippen LogP contribution in [0.2, 0.25) is 0 Å². The summed E-state index contributed by atoms with van der Waals surface area (Å²) in [7, 11) is 0. The number of carbonyl (C=O) groups is 4. The van der Waals surface area contributed by atoms with Crippen molar-refractivity contribution in [3.63, 3.8) is 0 Å². The number of esters is 1. The lowest BCUT2D eigenvalue weighted by molar-refractivity contribution is -0.154. The van der Waals surface area contributed by atoms with Gasteiger partial charge in [0.05, 0.1) is 0 Å². The number of ether oxygens (including phenoxy) is 1. The van der Waals surface area contributed by atoms with Crippen LogP contribution in [0.3, 0.4) is 0 Å². The highest BCUT2D eigenvalue weighted by Crippen LogP contribution is 2.30. The highest BCUT2D eigenvalue weighted by atomic mass is 16.5. The van der Waals surface area contributed by atoms with Gasteiger partial charge in [-0.3, -0.25) is 24.1 Å². The van der Waals surface area contributed by atoms with Crippen LogP contribution >= 0.6 is 0 Å². The Hall–Kier alpha value is -3.48. The van der Waals surface area contributed by atoms with E-state index in [4.69, 9.17) is 4.74 Å². The number of nitrogens with one attached hydrogen (secondary N) is 1. The first-order valence-corrected chi connectivity index (χ1v) is 9.40. The average molecular weight is 394 g/mol. The van der Waals surface area contributed by atoms with Crippen LogP contribution in [-0.4, -0.2) is 47.8 Å². The fourth-order valence-electron chi connectivity index (χ4n) is 3.29. The molecule has 1 N–H and O–H groups in total. The van der Waals surface area contributed by atoms with Crippen molar-refractivity contribution in [3.05, 3.63) is 60.2 Å². The Morgan fingerprint density at radius 2 is 1.76 bits per heavy atom. The topological polar surface area (TPSA) is 92.8 Å². The molecule has 3 rings (SSSR count). The monoisotopic (exact) mass is 394 g/mol. The zero-order chi connectivity index (χ0) is 21.0. The summed E-state index contributed by atoms with van der Waals surface area (Å²) in [6, 6.07) is 10.7. The first-order chi connectivity index (χ1) is 13.9. The standard InChI is InChI=1S/C22H22N2O5/c1-3-12-23-20(26)14(2)29-18(25)11-6-13-24-21(27)16-9-4-7-15-8-5-10-17(19(15)16)22(24)28/h3-5,7-10,14H,1,6,11-13H2,2H3,(H,23,26)/t14-/m0/s1. The zero-order valence-corrected chi connectivity index (χ0v) is 16.1. The lowest BCUT2D eigenvalue weighted by atomic mass is 9.94. The third-order valence-corrected chi connectivity index (χ3v) is 4.72. The summed E-state index contributed by atoms with van der Waals surface area (Å²) >= 11 is 0. The van der Waals surface area contributed by atoms with E-state index in [1.807, 2.05) is 12.1 Å². The summed E-state index contributed by atoms with van der Waals surface area (Å²) in [6.45, 7) is 5.35. The van der Waals surface area contributed by atoms with E-state index in [1.54, 1.807) is 24.3 Å². The van der Waals surface area contributed by atoms with Crippen LogP contribution in [0.5, 0.6) is 0 Å². The zero-order valence-electron chi connectivity index (χ0n) is 16.1. The molecule has 0 spiro atoms. The molecule has 7 heteroatoms. The molecule has 0 bridgehead atoms. The Kier molecular flexibility index (Phi) is 6.07. The molecule has 7 nitrogen and oxygen atoms in total. The molecule has 0 aliphatic carbocycles. The largest absolute Gasteiger partial charge is 0.453 e. The van der Waals surface area contributed by atoms with Gasteiger partial charge in [-0.15, -0.1) is 6.58 Å². The van der Waals surface area contributed by atoms with Crippen molar-refractivity contribution < 1.29 is 23.9 Å². The Morgan fingerprint density at radius 3 is 2.34 bits per heavy atom. The number of hydrogen-bond donors (Lipinski definition) is 1. The SMILES string of the molecule is C=CCNC(=O)[C@H](C)OC(=O)CCCN1C(=O)c2cccc3cccc(c23)C1=O. The molecule has 0 saturated carbocycles. The average Bonchev–Trinajstić information content (AvgIpc) is 2.72.